The molecule has 108 valence electrons. The zero-order valence-electron chi connectivity index (χ0n) is 11.6. The molecular weight excluding hydrogens is 248 g/mol. The van der Waals surface area contributed by atoms with Gasteiger partial charge >= 0.3 is 5.97 Å². The summed E-state index contributed by atoms with van der Waals surface area (Å²) in [5.74, 6) is -1.26. The molecule has 0 atom stereocenters. The van der Waals surface area contributed by atoms with Crippen LogP contribution in [0.5, 0.6) is 0 Å². The van der Waals surface area contributed by atoms with Crippen molar-refractivity contribution in [1.29, 1.82) is 0 Å². The van der Waals surface area contributed by atoms with Crippen LogP contribution in [0, 0.1) is 0 Å². The number of carbonyl (C=O) groups excluding carboxylic acids is 1. The molecule has 2 N–H and O–H groups in total. The van der Waals surface area contributed by atoms with Gasteiger partial charge in [-0.25, -0.2) is 4.79 Å². The highest BCUT2D eigenvalue weighted by atomic mass is 16.4. The second-order valence-corrected chi connectivity index (χ2v) is 4.77. The molecule has 0 unspecified atom stereocenters. The monoisotopic (exact) mass is 270 g/mol. The molecule has 19 heavy (non-hydrogen) atoms. The van der Waals surface area contributed by atoms with E-state index in [2.05, 4.69) is 4.90 Å². The Hall–Kier alpha value is -1.40. The van der Waals surface area contributed by atoms with Crippen molar-refractivity contribution in [3.8, 4) is 0 Å². The Morgan fingerprint density at radius 3 is 2.32 bits per heavy atom. The van der Waals surface area contributed by atoms with Gasteiger partial charge in [-0.15, -0.1) is 0 Å². The fourth-order valence-electron chi connectivity index (χ4n) is 2.10. The van der Waals surface area contributed by atoms with Gasteiger partial charge in [0.25, 0.3) is 0 Å². The molecule has 0 aliphatic carbocycles. The van der Waals surface area contributed by atoms with Gasteiger partial charge in [0.2, 0.25) is 5.91 Å². The van der Waals surface area contributed by atoms with Crippen LogP contribution in [-0.4, -0.2) is 71.2 Å². The Bertz CT molecular complexity index is 379. The molecule has 1 amide bonds. The number of β-amino-alcohol motifs (C(OH)–C–C–N with tert-alkyl or cyclic N) is 1. The maximum absolute atomic E-state index is 12.2. The molecule has 1 aliphatic rings. The number of hydrogen-bond acceptors (Lipinski definition) is 4. The van der Waals surface area contributed by atoms with Crippen molar-refractivity contribution in [2.75, 3.05) is 39.3 Å². The first kappa shape index (κ1) is 15.7. The van der Waals surface area contributed by atoms with Crippen LogP contribution in [0.1, 0.15) is 20.3 Å². The van der Waals surface area contributed by atoms with Crippen molar-refractivity contribution >= 4 is 11.9 Å². The number of aliphatic hydroxyl groups excluding tert-OH is 1. The normalized spacial score (nSPS) is 18.8. The van der Waals surface area contributed by atoms with Crippen molar-refractivity contribution in [1.82, 2.24) is 9.80 Å². The Balaban J connectivity index is 2.68. The number of amides is 1. The topological polar surface area (TPSA) is 81.1 Å². The highest BCUT2D eigenvalue weighted by Crippen LogP contribution is 2.11. The summed E-state index contributed by atoms with van der Waals surface area (Å²) < 4.78 is 0. The average Bonchev–Trinajstić information content (AvgIpc) is 2.62. The lowest BCUT2D eigenvalue weighted by Crippen LogP contribution is -2.36. The molecule has 0 saturated carbocycles. The van der Waals surface area contributed by atoms with Crippen molar-refractivity contribution < 1.29 is 19.8 Å². The molecule has 0 spiro atoms. The van der Waals surface area contributed by atoms with E-state index in [0.29, 0.717) is 31.8 Å². The molecule has 0 aromatic heterocycles. The van der Waals surface area contributed by atoms with E-state index < -0.39 is 5.97 Å². The maximum atomic E-state index is 12.2. The number of hydrogen-bond donors (Lipinski definition) is 2. The number of rotatable bonds is 4. The summed E-state index contributed by atoms with van der Waals surface area (Å²) in [6, 6.07) is 0. The van der Waals surface area contributed by atoms with Crippen molar-refractivity contribution in [2.24, 2.45) is 0 Å². The van der Waals surface area contributed by atoms with Crippen LogP contribution in [-0.2, 0) is 9.59 Å². The minimum Gasteiger partial charge on any atom is -0.478 e. The van der Waals surface area contributed by atoms with E-state index in [0.717, 1.165) is 13.0 Å². The lowest BCUT2D eigenvalue weighted by atomic mass is 10.1. The fourth-order valence-corrected chi connectivity index (χ4v) is 2.10. The van der Waals surface area contributed by atoms with Crippen molar-refractivity contribution in [3.05, 3.63) is 11.1 Å². The first-order chi connectivity index (χ1) is 8.97. The van der Waals surface area contributed by atoms with Gasteiger partial charge in [0.05, 0.1) is 6.61 Å². The Kier molecular flexibility index (Phi) is 5.98. The van der Waals surface area contributed by atoms with Crippen LogP contribution in [0.4, 0.5) is 0 Å². The smallest absolute Gasteiger partial charge is 0.331 e. The van der Waals surface area contributed by atoms with E-state index in [9.17, 15) is 9.59 Å². The van der Waals surface area contributed by atoms with Gasteiger partial charge in [0.15, 0.2) is 0 Å². The van der Waals surface area contributed by atoms with Gasteiger partial charge < -0.3 is 15.1 Å². The van der Waals surface area contributed by atoms with Gasteiger partial charge in [-0.05, 0) is 26.8 Å². The highest BCUT2D eigenvalue weighted by Gasteiger charge is 2.22. The molecule has 1 rings (SSSR count). The second-order valence-electron chi connectivity index (χ2n) is 4.77. The Labute approximate surface area is 113 Å². The Morgan fingerprint density at radius 1 is 1.05 bits per heavy atom. The third-order valence-electron chi connectivity index (χ3n) is 3.50. The van der Waals surface area contributed by atoms with E-state index in [1.165, 1.54) is 6.92 Å². The van der Waals surface area contributed by atoms with Gasteiger partial charge in [0, 0.05) is 37.3 Å². The number of aliphatic hydroxyl groups is 1. The third-order valence-corrected chi connectivity index (χ3v) is 3.50. The molecule has 0 bridgehead atoms. The maximum Gasteiger partial charge on any atom is 0.331 e. The SMILES string of the molecule is CC(C(=O)O)=C(C)C(=O)N1CCCN(CCO)CC1. The largest absolute Gasteiger partial charge is 0.478 e. The molecule has 1 aliphatic heterocycles. The summed E-state index contributed by atoms with van der Waals surface area (Å²) in [5, 5.41) is 17.8. The molecular formula is C13H22N2O4. The van der Waals surface area contributed by atoms with Crippen LogP contribution in [0.2, 0.25) is 0 Å². The van der Waals surface area contributed by atoms with Gasteiger partial charge in [-0.3, -0.25) is 9.69 Å². The predicted octanol–water partition coefficient (Wildman–Crippen LogP) is -0.0660. The summed E-state index contributed by atoms with van der Waals surface area (Å²) in [5.41, 5.74) is 0.393. The molecule has 1 heterocycles. The number of aliphatic carboxylic acids is 1. The van der Waals surface area contributed by atoms with E-state index in [-0.39, 0.29) is 18.1 Å². The van der Waals surface area contributed by atoms with E-state index in [4.69, 9.17) is 10.2 Å². The third kappa shape index (κ3) is 4.33. The summed E-state index contributed by atoms with van der Waals surface area (Å²) in [6.07, 6.45) is 0.838. The van der Waals surface area contributed by atoms with Gasteiger partial charge in [0.1, 0.15) is 0 Å². The molecule has 1 fully saturated rings. The quantitative estimate of drug-likeness (QED) is 0.699. The van der Waals surface area contributed by atoms with Crippen LogP contribution in [0.15, 0.2) is 11.1 Å². The van der Waals surface area contributed by atoms with Gasteiger partial charge in [-0.1, -0.05) is 0 Å². The van der Waals surface area contributed by atoms with E-state index in [1.54, 1.807) is 11.8 Å². The zero-order valence-corrected chi connectivity index (χ0v) is 11.6. The predicted molar refractivity (Wildman–Crippen MR) is 70.7 cm³/mol. The summed E-state index contributed by atoms with van der Waals surface area (Å²) in [4.78, 5) is 26.9. The lowest BCUT2D eigenvalue weighted by Gasteiger charge is -2.22. The highest BCUT2D eigenvalue weighted by molar-refractivity contribution is 6.01. The average molecular weight is 270 g/mol. The van der Waals surface area contributed by atoms with Crippen molar-refractivity contribution in [3.63, 3.8) is 0 Å². The zero-order chi connectivity index (χ0) is 14.4. The van der Waals surface area contributed by atoms with E-state index >= 15 is 0 Å². The van der Waals surface area contributed by atoms with Crippen LogP contribution >= 0.6 is 0 Å². The molecule has 1 saturated heterocycles. The molecule has 6 heteroatoms. The summed E-state index contributed by atoms with van der Waals surface area (Å²) in [7, 11) is 0. The van der Waals surface area contributed by atoms with Crippen molar-refractivity contribution in [2.45, 2.75) is 20.3 Å². The summed E-state index contributed by atoms with van der Waals surface area (Å²) in [6.45, 7) is 6.51. The number of nitrogens with zero attached hydrogens (tertiary/aromatic N) is 2. The minimum absolute atomic E-state index is 0.0986. The molecule has 6 nitrogen and oxygen atoms in total. The number of carbonyl (C=O) groups is 2. The lowest BCUT2D eigenvalue weighted by molar-refractivity contribution is -0.133. The second kappa shape index (κ2) is 7.25. The Morgan fingerprint density at radius 2 is 1.74 bits per heavy atom. The standard InChI is InChI=1S/C13H22N2O4/c1-10(11(2)13(18)19)12(17)15-5-3-4-14(6-7-15)8-9-16/h16H,3-9H2,1-2H3,(H,18,19). The molecule has 0 radical (unpaired) electrons. The minimum atomic E-state index is -1.05. The summed E-state index contributed by atoms with van der Waals surface area (Å²) >= 11 is 0. The number of carboxylic acids is 1. The number of carboxylic acid groups (broad SMARTS) is 1. The fraction of sp³-hybridized carbons (Fsp3) is 0.692. The molecule has 0 aromatic carbocycles. The van der Waals surface area contributed by atoms with Gasteiger partial charge in [-0.2, -0.15) is 0 Å². The first-order valence-corrected chi connectivity index (χ1v) is 6.50. The van der Waals surface area contributed by atoms with Crippen LogP contribution in [0.25, 0.3) is 0 Å². The van der Waals surface area contributed by atoms with E-state index in [1.807, 2.05) is 0 Å². The van der Waals surface area contributed by atoms with Crippen LogP contribution in [0.3, 0.4) is 0 Å². The first-order valence-electron chi connectivity index (χ1n) is 6.50. The van der Waals surface area contributed by atoms with Crippen LogP contribution < -0.4 is 0 Å². The molecule has 0 aromatic rings.